The Morgan fingerprint density at radius 2 is 2.50 bits per heavy atom. The number of methoxy groups -OCH3 is 1. The number of aromatic amines is 1. The molecule has 1 rings (SSSR count). The number of hydrogen-bond acceptors (Lipinski definition) is 4. The van der Waals surface area contributed by atoms with Crippen molar-refractivity contribution < 1.29 is 9.66 Å². The molecule has 0 aromatic carbocycles. The van der Waals surface area contributed by atoms with Gasteiger partial charge in [0.1, 0.15) is 12.3 Å². The average molecular weight is 171 g/mol. The van der Waals surface area contributed by atoms with Crippen LogP contribution in [0.25, 0.3) is 0 Å². The van der Waals surface area contributed by atoms with Gasteiger partial charge in [-0.1, -0.05) is 0 Å². The highest BCUT2D eigenvalue weighted by atomic mass is 16.6. The van der Waals surface area contributed by atoms with Gasteiger partial charge in [-0.25, -0.2) is 9.97 Å². The highest BCUT2D eigenvalue weighted by Gasteiger charge is 2.15. The van der Waals surface area contributed by atoms with E-state index in [0.29, 0.717) is 5.82 Å². The van der Waals surface area contributed by atoms with Gasteiger partial charge in [-0.05, 0) is 11.8 Å². The molecule has 0 bridgehead atoms. The van der Waals surface area contributed by atoms with Crippen LogP contribution < -0.4 is 0 Å². The Kier molecular flexibility index (Phi) is 2.39. The summed E-state index contributed by atoms with van der Waals surface area (Å²) in [7, 11) is 1.51. The number of imidazole rings is 1. The molecule has 0 aliphatic heterocycles. The van der Waals surface area contributed by atoms with Crippen LogP contribution >= 0.6 is 0 Å². The van der Waals surface area contributed by atoms with Crippen LogP contribution in [0.3, 0.4) is 0 Å². The number of nitrogens with one attached hydrogen (secondary N) is 1. The van der Waals surface area contributed by atoms with Crippen LogP contribution in [0.15, 0.2) is 6.20 Å². The van der Waals surface area contributed by atoms with Gasteiger partial charge in [-0.3, -0.25) is 0 Å². The van der Waals surface area contributed by atoms with Crippen molar-refractivity contribution in [2.24, 2.45) is 0 Å². The minimum Gasteiger partial charge on any atom is -0.371 e. The number of nitrogens with zero attached hydrogens (tertiary/aromatic N) is 2. The average Bonchev–Trinajstić information content (AvgIpc) is 2.51. The Bertz CT molecular complexity index is 283. The summed E-state index contributed by atoms with van der Waals surface area (Å²) in [6, 6.07) is 0. The zero-order chi connectivity index (χ0) is 9.14. The van der Waals surface area contributed by atoms with Crippen molar-refractivity contribution in [3.8, 4) is 0 Å². The molecule has 0 amide bonds. The van der Waals surface area contributed by atoms with Gasteiger partial charge in [-0.2, -0.15) is 0 Å². The van der Waals surface area contributed by atoms with Crippen molar-refractivity contribution in [2.75, 3.05) is 7.11 Å². The monoisotopic (exact) mass is 171 g/mol. The SMILES string of the molecule is COC(C)c1ncc([N+](=O)[O-])[nH]1. The molecule has 0 fully saturated rings. The first-order valence-corrected chi connectivity index (χ1v) is 3.37. The summed E-state index contributed by atoms with van der Waals surface area (Å²) < 4.78 is 4.91. The molecule has 6 heteroatoms. The second-order valence-electron chi connectivity index (χ2n) is 2.29. The second-order valence-corrected chi connectivity index (χ2v) is 2.29. The first kappa shape index (κ1) is 8.66. The van der Waals surface area contributed by atoms with E-state index in [-0.39, 0.29) is 11.9 Å². The van der Waals surface area contributed by atoms with E-state index in [1.165, 1.54) is 13.3 Å². The summed E-state index contributed by atoms with van der Waals surface area (Å²) in [5.41, 5.74) is 0. The molecule has 1 N–H and O–H groups in total. The molecule has 1 heterocycles. The second kappa shape index (κ2) is 3.31. The molecule has 12 heavy (non-hydrogen) atoms. The Hall–Kier alpha value is -1.43. The maximum atomic E-state index is 10.2. The summed E-state index contributed by atoms with van der Waals surface area (Å²) >= 11 is 0. The standard InChI is InChI=1S/C6H9N3O3/c1-4(12-2)6-7-3-5(8-6)9(10)11/h3-4H,1-2H3,(H,7,8). The van der Waals surface area contributed by atoms with E-state index < -0.39 is 4.92 Å². The maximum Gasteiger partial charge on any atom is 0.340 e. The number of H-pyrrole nitrogens is 1. The van der Waals surface area contributed by atoms with Crippen LogP contribution in [0, 0.1) is 10.1 Å². The number of ether oxygens (including phenoxy) is 1. The lowest BCUT2D eigenvalue weighted by Crippen LogP contribution is -1.98. The van der Waals surface area contributed by atoms with Gasteiger partial charge in [0.25, 0.3) is 0 Å². The molecule has 6 nitrogen and oxygen atoms in total. The normalized spacial score (nSPS) is 12.8. The van der Waals surface area contributed by atoms with Gasteiger partial charge < -0.3 is 14.9 Å². The van der Waals surface area contributed by atoms with Crippen LogP contribution in [-0.4, -0.2) is 22.0 Å². The summed E-state index contributed by atoms with van der Waals surface area (Å²) in [6.07, 6.45) is 0.920. The molecule has 66 valence electrons. The Balaban J connectivity index is 2.84. The quantitative estimate of drug-likeness (QED) is 0.543. The predicted octanol–water partition coefficient (Wildman–Crippen LogP) is 1.03. The van der Waals surface area contributed by atoms with E-state index in [4.69, 9.17) is 4.74 Å². The lowest BCUT2D eigenvalue weighted by atomic mass is 10.4. The van der Waals surface area contributed by atoms with Gasteiger partial charge in [-0.15, -0.1) is 0 Å². The molecule has 0 radical (unpaired) electrons. The molecular weight excluding hydrogens is 162 g/mol. The summed E-state index contributed by atoms with van der Waals surface area (Å²) in [5.74, 6) is 0.345. The smallest absolute Gasteiger partial charge is 0.340 e. The highest BCUT2D eigenvalue weighted by molar-refractivity contribution is 5.15. The van der Waals surface area contributed by atoms with E-state index in [1.807, 2.05) is 0 Å². The lowest BCUT2D eigenvalue weighted by molar-refractivity contribution is -0.389. The molecule has 1 aromatic rings. The van der Waals surface area contributed by atoms with Crippen LogP contribution in [0.2, 0.25) is 0 Å². The van der Waals surface area contributed by atoms with Crippen molar-refractivity contribution in [2.45, 2.75) is 13.0 Å². The van der Waals surface area contributed by atoms with Gasteiger partial charge >= 0.3 is 5.82 Å². The number of hydrogen-bond donors (Lipinski definition) is 1. The van der Waals surface area contributed by atoms with Gasteiger partial charge in [0, 0.05) is 7.11 Å². The van der Waals surface area contributed by atoms with Crippen molar-refractivity contribution in [1.29, 1.82) is 0 Å². The van der Waals surface area contributed by atoms with E-state index in [1.54, 1.807) is 6.92 Å². The molecule has 0 saturated carbocycles. The number of rotatable bonds is 3. The molecule has 1 atom stereocenters. The van der Waals surface area contributed by atoms with Crippen LogP contribution in [-0.2, 0) is 4.74 Å². The Morgan fingerprint density at radius 1 is 1.83 bits per heavy atom. The molecule has 0 spiro atoms. The van der Waals surface area contributed by atoms with Gasteiger partial charge in [0.2, 0.25) is 5.82 Å². The van der Waals surface area contributed by atoms with E-state index in [9.17, 15) is 10.1 Å². The molecule has 0 saturated heterocycles. The summed E-state index contributed by atoms with van der Waals surface area (Å²) in [4.78, 5) is 16.0. The molecular formula is C6H9N3O3. The first-order valence-electron chi connectivity index (χ1n) is 3.37. The van der Waals surface area contributed by atoms with E-state index >= 15 is 0 Å². The third-order valence-corrected chi connectivity index (χ3v) is 1.52. The number of aromatic nitrogens is 2. The topological polar surface area (TPSA) is 81.1 Å². The highest BCUT2D eigenvalue weighted by Crippen LogP contribution is 2.14. The van der Waals surface area contributed by atoms with E-state index in [2.05, 4.69) is 9.97 Å². The fraction of sp³-hybridized carbons (Fsp3) is 0.500. The largest absolute Gasteiger partial charge is 0.371 e. The Labute approximate surface area is 68.7 Å². The maximum absolute atomic E-state index is 10.2. The van der Waals surface area contributed by atoms with Crippen molar-refractivity contribution >= 4 is 5.82 Å². The molecule has 1 aromatic heterocycles. The zero-order valence-corrected chi connectivity index (χ0v) is 6.77. The lowest BCUT2D eigenvalue weighted by Gasteiger charge is -2.00. The van der Waals surface area contributed by atoms with Gasteiger partial charge in [0.15, 0.2) is 0 Å². The third-order valence-electron chi connectivity index (χ3n) is 1.52. The minimum atomic E-state index is -0.529. The summed E-state index contributed by atoms with van der Waals surface area (Å²) in [6.45, 7) is 1.75. The van der Waals surface area contributed by atoms with Gasteiger partial charge in [0.05, 0.1) is 0 Å². The Morgan fingerprint density at radius 3 is 2.92 bits per heavy atom. The van der Waals surface area contributed by atoms with Crippen molar-refractivity contribution in [3.05, 3.63) is 22.1 Å². The zero-order valence-electron chi connectivity index (χ0n) is 6.77. The minimum absolute atomic E-state index is 0.117. The fourth-order valence-electron chi connectivity index (χ4n) is 0.737. The predicted molar refractivity (Wildman–Crippen MR) is 40.7 cm³/mol. The van der Waals surface area contributed by atoms with Crippen LogP contribution in [0.4, 0.5) is 5.82 Å². The third kappa shape index (κ3) is 1.59. The molecule has 0 aliphatic rings. The fourth-order valence-corrected chi connectivity index (χ4v) is 0.737. The molecule has 0 aliphatic carbocycles. The van der Waals surface area contributed by atoms with Crippen molar-refractivity contribution in [3.63, 3.8) is 0 Å². The van der Waals surface area contributed by atoms with Crippen LogP contribution in [0.5, 0.6) is 0 Å². The first-order chi connectivity index (χ1) is 5.65. The van der Waals surface area contributed by atoms with E-state index in [0.717, 1.165) is 0 Å². The van der Waals surface area contributed by atoms with Crippen LogP contribution in [0.1, 0.15) is 18.9 Å². The number of nitro groups is 1. The molecule has 1 unspecified atom stereocenters. The summed E-state index contributed by atoms with van der Waals surface area (Å²) in [5, 5.41) is 10.2. The van der Waals surface area contributed by atoms with Crippen molar-refractivity contribution in [1.82, 2.24) is 9.97 Å².